The van der Waals surface area contributed by atoms with Gasteiger partial charge in [-0.05, 0) is 60.6 Å². The highest BCUT2D eigenvalue weighted by Gasteiger charge is 2.18. The van der Waals surface area contributed by atoms with Gasteiger partial charge in [0, 0.05) is 40.8 Å². The average molecular weight is 514 g/mol. The Kier molecular flexibility index (Phi) is 6.49. The van der Waals surface area contributed by atoms with Crippen LogP contribution in [0.2, 0.25) is 0 Å². The van der Waals surface area contributed by atoms with Crippen LogP contribution in [0.5, 0.6) is 0 Å². The van der Waals surface area contributed by atoms with Crippen LogP contribution in [0.25, 0.3) is 33.3 Å². The van der Waals surface area contributed by atoms with Gasteiger partial charge in [0.15, 0.2) is 0 Å². The van der Waals surface area contributed by atoms with E-state index in [1.807, 2.05) is 54.6 Å². The molecule has 0 saturated carbocycles. The van der Waals surface area contributed by atoms with Gasteiger partial charge in [0.1, 0.15) is 10.7 Å². The number of hydrogen-bond donors (Lipinski definition) is 4. The molecule has 0 fully saturated rings. The van der Waals surface area contributed by atoms with Crippen molar-refractivity contribution >= 4 is 38.4 Å². The molecule has 0 aliphatic rings. The van der Waals surface area contributed by atoms with Crippen LogP contribution in [-0.2, 0) is 16.6 Å². The molecule has 0 saturated heterocycles. The van der Waals surface area contributed by atoms with Crippen LogP contribution in [0.1, 0.15) is 5.56 Å². The number of aromatic nitrogens is 4. The maximum atomic E-state index is 12.4. The third kappa shape index (κ3) is 4.96. The van der Waals surface area contributed by atoms with Crippen molar-refractivity contribution in [2.75, 3.05) is 18.1 Å². The molecule has 0 bridgehead atoms. The molecule has 0 atom stereocenters. The monoisotopic (exact) mass is 513 g/mol. The second-order valence-electron chi connectivity index (χ2n) is 8.16. The lowest BCUT2D eigenvalue weighted by Crippen LogP contribution is -2.20. The SMILES string of the molecule is CNS(=O)(=O)c1cc(-c2ccc3nc(Nc4cccc(CO)c4)nc(-c4ccncc4)c3c2)cnc1N. The summed E-state index contributed by atoms with van der Waals surface area (Å²) in [5.74, 6) is 0.305. The summed E-state index contributed by atoms with van der Waals surface area (Å²) in [6.07, 6.45) is 4.90. The van der Waals surface area contributed by atoms with Crippen LogP contribution >= 0.6 is 0 Å². The minimum absolute atomic E-state index is 0.0730. The van der Waals surface area contributed by atoms with Crippen molar-refractivity contribution in [2.24, 2.45) is 0 Å². The van der Waals surface area contributed by atoms with Gasteiger partial charge in [-0.3, -0.25) is 4.98 Å². The highest BCUT2D eigenvalue weighted by atomic mass is 32.2. The van der Waals surface area contributed by atoms with E-state index in [1.54, 1.807) is 12.4 Å². The first kappa shape index (κ1) is 24.3. The van der Waals surface area contributed by atoms with E-state index in [2.05, 4.69) is 25.0 Å². The number of aliphatic hydroxyl groups is 1. The molecule has 0 unspecified atom stereocenters. The van der Waals surface area contributed by atoms with Crippen LogP contribution in [0.3, 0.4) is 0 Å². The molecule has 186 valence electrons. The summed E-state index contributed by atoms with van der Waals surface area (Å²) in [5.41, 5.74) is 10.8. The summed E-state index contributed by atoms with van der Waals surface area (Å²) in [6, 6.07) is 18.1. The van der Waals surface area contributed by atoms with Crippen LogP contribution in [0, 0.1) is 0 Å². The van der Waals surface area contributed by atoms with E-state index < -0.39 is 10.0 Å². The Balaban J connectivity index is 1.65. The number of hydrogen-bond acceptors (Lipinski definition) is 9. The Morgan fingerprint density at radius 2 is 1.76 bits per heavy atom. The van der Waals surface area contributed by atoms with Crippen LogP contribution in [-0.4, -0.2) is 40.5 Å². The summed E-state index contributed by atoms with van der Waals surface area (Å²) in [4.78, 5) is 17.6. The molecule has 0 spiro atoms. The standard InChI is InChI=1S/C26H23N7O3S/c1-28-37(35,36)23-13-19(14-30-25(23)27)18-5-6-22-21(12-18)24(17-7-9-29-10-8-17)33-26(32-22)31-20-4-2-3-16(11-20)15-34/h2-14,28,34H,15H2,1H3,(H2,27,30)(H,31,32,33). The number of benzene rings is 2. The molecule has 0 radical (unpaired) electrons. The number of nitrogen functional groups attached to an aromatic ring is 1. The van der Waals surface area contributed by atoms with Crippen molar-refractivity contribution in [1.29, 1.82) is 0 Å². The number of fused-ring (bicyclic) bond motifs is 1. The number of anilines is 3. The lowest BCUT2D eigenvalue weighted by Gasteiger charge is -2.13. The summed E-state index contributed by atoms with van der Waals surface area (Å²) < 4.78 is 27.1. The molecule has 37 heavy (non-hydrogen) atoms. The molecule has 0 amide bonds. The van der Waals surface area contributed by atoms with Gasteiger partial charge < -0.3 is 16.2 Å². The Hall–Kier alpha value is -4.45. The van der Waals surface area contributed by atoms with Crippen LogP contribution in [0.15, 0.2) is 84.1 Å². The molecule has 2 aromatic carbocycles. The van der Waals surface area contributed by atoms with Crippen molar-refractivity contribution in [3.63, 3.8) is 0 Å². The lowest BCUT2D eigenvalue weighted by molar-refractivity contribution is 0.282. The number of nitrogens with two attached hydrogens (primary N) is 1. The topological polar surface area (TPSA) is 156 Å². The van der Waals surface area contributed by atoms with E-state index in [4.69, 9.17) is 10.7 Å². The van der Waals surface area contributed by atoms with Crippen molar-refractivity contribution in [2.45, 2.75) is 11.5 Å². The fourth-order valence-electron chi connectivity index (χ4n) is 3.91. The minimum Gasteiger partial charge on any atom is -0.392 e. The number of nitrogens with zero attached hydrogens (tertiary/aromatic N) is 4. The van der Waals surface area contributed by atoms with Crippen LogP contribution < -0.4 is 15.8 Å². The third-order valence-corrected chi connectivity index (χ3v) is 7.23. The lowest BCUT2D eigenvalue weighted by atomic mass is 10.0. The van der Waals surface area contributed by atoms with E-state index in [1.165, 1.54) is 19.3 Å². The van der Waals surface area contributed by atoms with E-state index in [-0.39, 0.29) is 17.3 Å². The van der Waals surface area contributed by atoms with Gasteiger partial charge in [0.25, 0.3) is 0 Å². The summed E-state index contributed by atoms with van der Waals surface area (Å²) >= 11 is 0. The predicted molar refractivity (Wildman–Crippen MR) is 142 cm³/mol. The highest BCUT2D eigenvalue weighted by Crippen LogP contribution is 2.33. The molecule has 3 heterocycles. The molecule has 5 rings (SSSR count). The van der Waals surface area contributed by atoms with Gasteiger partial charge in [-0.2, -0.15) is 0 Å². The third-order valence-electron chi connectivity index (χ3n) is 5.79. The number of sulfonamides is 1. The van der Waals surface area contributed by atoms with E-state index >= 15 is 0 Å². The highest BCUT2D eigenvalue weighted by molar-refractivity contribution is 7.89. The first-order valence-corrected chi connectivity index (χ1v) is 12.7. The van der Waals surface area contributed by atoms with Gasteiger partial charge in [0.2, 0.25) is 16.0 Å². The Morgan fingerprint density at radius 1 is 0.946 bits per heavy atom. The second kappa shape index (κ2) is 9.90. The molecule has 10 nitrogen and oxygen atoms in total. The fourth-order valence-corrected chi connectivity index (χ4v) is 4.74. The zero-order valence-electron chi connectivity index (χ0n) is 19.8. The number of aliphatic hydroxyl groups excluding tert-OH is 1. The maximum absolute atomic E-state index is 12.4. The van der Waals surface area contributed by atoms with Gasteiger partial charge in [-0.1, -0.05) is 18.2 Å². The Labute approximate surface area is 213 Å². The Bertz CT molecular complexity index is 1710. The molecule has 11 heteroatoms. The van der Waals surface area contributed by atoms with E-state index in [9.17, 15) is 13.5 Å². The average Bonchev–Trinajstić information content (AvgIpc) is 2.93. The predicted octanol–water partition coefficient (Wildman–Crippen LogP) is 3.48. The van der Waals surface area contributed by atoms with Gasteiger partial charge in [-0.25, -0.2) is 28.1 Å². The summed E-state index contributed by atoms with van der Waals surface area (Å²) in [5, 5.41) is 13.4. The molecular weight excluding hydrogens is 490 g/mol. The van der Waals surface area contributed by atoms with Crippen molar-refractivity contribution in [1.82, 2.24) is 24.7 Å². The van der Waals surface area contributed by atoms with Crippen molar-refractivity contribution in [3.05, 3.63) is 84.8 Å². The van der Waals surface area contributed by atoms with Crippen molar-refractivity contribution < 1.29 is 13.5 Å². The molecule has 5 N–H and O–H groups in total. The maximum Gasteiger partial charge on any atom is 0.243 e. The molecule has 0 aliphatic heterocycles. The second-order valence-corrected chi connectivity index (χ2v) is 10.0. The van der Waals surface area contributed by atoms with Gasteiger partial charge >= 0.3 is 0 Å². The van der Waals surface area contributed by atoms with E-state index in [0.717, 1.165) is 27.8 Å². The van der Waals surface area contributed by atoms with Gasteiger partial charge in [0.05, 0.1) is 17.8 Å². The molecule has 5 aromatic rings. The fraction of sp³-hybridized carbons (Fsp3) is 0.0769. The van der Waals surface area contributed by atoms with Gasteiger partial charge in [-0.15, -0.1) is 0 Å². The normalized spacial score (nSPS) is 11.5. The smallest absolute Gasteiger partial charge is 0.243 e. The summed E-state index contributed by atoms with van der Waals surface area (Å²) in [7, 11) is -2.47. The molecule has 0 aliphatic carbocycles. The number of pyridine rings is 2. The zero-order valence-corrected chi connectivity index (χ0v) is 20.6. The van der Waals surface area contributed by atoms with E-state index in [0.29, 0.717) is 22.7 Å². The Morgan fingerprint density at radius 3 is 2.51 bits per heavy atom. The number of rotatable bonds is 7. The zero-order chi connectivity index (χ0) is 26.0. The molecular formula is C26H23N7O3S. The summed E-state index contributed by atoms with van der Waals surface area (Å²) in [6.45, 7) is -0.0730. The van der Waals surface area contributed by atoms with Crippen molar-refractivity contribution in [3.8, 4) is 22.4 Å². The first-order chi connectivity index (χ1) is 17.9. The quantitative estimate of drug-likeness (QED) is 0.256. The largest absolute Gasteiger partial charge is 0.392 e. The number of nitrogens with one attached hydrogen (secondary N) is 2. The first-order valence-electron chi connectivity index (χ1n) is 11.3. The molecule has 3 aromatic heterocycles. The minimum atomic E-state index is -3.79. The van der Waals surface area contributed by atoms with Crippen LogP contribution in [0.4, 0.5) is 17.5 Å².